The molecule has 1 atom stereocenters. The number of carboxylic acids is 1. The number of aliphatic hydroxyl groups excluding tert-OH is 1. The second kappa shape index (κ2) is 12.7. The number of hydrogen-bond donors (Lipinski definition) is 2. The topological polar surface area (TPSA) is 111 Å². The van der Waals surface area contributed by atoms with Crippen LogP contribution in [-0.2, 0) is 11.2 Å². The first-order valence-electron chi connectivity index (χ1n) is 12.7. The van der Waals surface area contributed by atoms with Crippen molar-refractivity contribution in [2.75, 3.05) is 0 Å². The van der Waals surface area contributed by atoms with Crippen molar-refractivity contribution in [1.29, 1.82) is 0 Å². The summed E-state index contributed by atoms with van der Waals surface area (Å²) in [5.74, 6) is -3.69. The summed E-state index contributed by atoms with van der Waals surface area (Å²) >= 11 is 5.86. The number of aromatic carboxylic acids is 1. The van der Waals surface area contributed by atoms with Crippen molar-refractivity contribution in [2.24, 2.45) is 5.92 Å². The molecular formula is C29H27ClF3NO6. The number of hydrogen-bond acceptors (Lipinski definition) is 5. The van der Waals surface area contributed by atoms with Gasteiger partial charge in [-0.1, -0.05) is 23.7 Å². The van der Waals surface area contributed by atoms with Gasteiger partial charge in [0.25, 0.3) is 0 Å². The Morgan fingerprint density at radius 3 is 2.33 bits per heavy atom. The molecule has 0 amide bonds. The van der Waals surface area contributed by atoms with Crippen molar-refractivity contribution in [3.05, 3.63) is 87.6 Å². The number of ketones is 1. The molecule has 0 bridgehead atoms. The molecule has 11 heteroatoms. The van der Waals surface area contributed by atoms with E-state index in [1.54, 1.807) is 0 Å². The number of ether oxygens (including phenoxy) is 1. The van der Waals surface area contributed by atoms with Gasteiger partial charge >= 0.3 is 12.6 Å². The van der Waals surface area contributed by atoms with Crippen LogP contribution in [0.1, 0.15) is 59.6 Å². The van der Waals surface area contributed by atoms with E-state index >= 15 is 0 Å². The lowest BCUT2D eigenvalue weighted by Gasteiger charge is -2.28. The third-order valence-corrected chi connectivity index (χ3v) is 7.51. The van der Waals surface area contributed by atoms with Gasteiger partial charge in [0.05, 0.1) is 27.8 Å². The largest absolute Gasteiger partial charge is 0.618 e. The number of pyridine rings is 1. The minimum Gasteiger partial charge on any atom is -0.618 e. The molecule has 1 unspecified atom stereocenters. The maximum absolute atomic E-state index is 14.9. The first kappa shape index (κ1) is 29.4. The molecule has 4 rings (SSSR count). The highest BCUT2D eigenvalue weighted by Gasteiger charge is 2.33. The number of alkyl halides is 2. The molecule has 1 aliphatic rings. The van der Waals surface area contributed by atoms with Crippen molar-refractivity contribution in [1.82, 2.24) is 0 Å². The lowest BCUT2D eigenvalue weighted by molar-refractivity contribution is -0.614. The lowest BCUT2D eigenvalue weighted by atomic mass is 9.78. The molecule has 7 nitrogen and oxygen atoms in total. The van der Waals surface area contributed by atoms with Gasteiger partial charge < -0.3 is 20.2 Å². The van der Waals surface area contributed by atoms with Gasteiger partial charge in [0, 0.05) is 12.5 Å². The van der Waals surface area contributed by atoms with Crippen LogP contribution in [0.2, 0.25) is 5.02 Å². The summed E-state index contributed by atoms with van der Waals surface area (Å²) in [6.45, 7) is -3.24. The third-order valence-electron chi connectivity index (χ3n) is 7.22. The van der Waals surface area contributed by atoms with Crippen LogP contribution in [0, 0.1) is 16.9 Å². The van der Waals surface area contributed by atoms with Crippen LogP contribution in [0.25, 0.3) is 11.1 Å². The fourth-order valence-electron chi connectivity index (χ4n) is 5.13. The first-order valence-corrected chi connectivity index (χ1v) is 13.1. The number of benzene rings is 2. The normalized spacial score (nSPS) is 17.9. The number of aliphatic hydroxyl groups is 1. The zero-order chi connectivity index (χ0) is 29.0. The molecule has 1 saturated carbocycles. The Kier molecular flexibility index (Phi) is 9.32. The fraction of sp³-hybridized carbons (Fsp3) is 0.345. The number of Topliss-reactive ketones (excluding diaryl/α,β-unsaturated/α-hetero) is 1. The van der Waals surface area contributed by atoms with Crippen LogP contribution in [0.3, 0.4) is 0 Å². The standard InChI is InChI=1S/C29H27ClF3NO6/c30-22-10-12-25(40-29(32)33)26(27(22)31)19-7-11-23(34(39)15-19)21(13-16-3-8-20(35)9-4-16)24(36)14-17-1-5-18(6-2-17)28(37)38/h1-2,5-7,10-12,15-16,20-21,29,35H,3-4,8-9,13-14H2,(H,37,38). The van der Waals surface area contributed by atoms with Crippen LogP contribution in [0.5, 0.6) is 5.75 Å². The minimum absolute atomic E-state index is 0.0586. The van der Waals surface area contributed by atoms with Crippen LogP contribution in [0.4, 0.5) is 13.2 Å². The van der Waals surface area contributed by atoms with Crippen molar-refractivity contribution < 1.29 is 42.4 Å². The molecule has 212 valence electrons. The summed E-state index contributed by atoms with van der Waals surface area (Å²) in [5.41, 5.74) is 0.269. The minimum atomic E-state index is -3.24. The first-order chi connectivity index (χ1) is 19.0. The second-order valence-electron chi connectivity index (χ2n) is 9.89. The van der Waals surface area contributed by atoms with Gasteiger partial charge in [0.15, 0.2) is 17.8 Å². The highest BCUT2D eigenvalue weighted by Crippen LogP contribution is 2.38. The Balaban J connectivity index is 1.67. The summed E-state index contributed by atoms with van der Waals surface area (Å²) in [4.78, 5) is 24.7. The van der Waals surface area contributed by atoms with Crippen LogP contribution in [0.15, 0.2) is 54.7 Å². The zero-order valence-electron chi connectivity index (χ0n) is 21.2. The van der Waals surface area contributed by atoms with E-state index in [4.69, 9.17) is 16.7 Å². The molecule has 0 spiro atoms. The predicted molar refractivity (Wildman–Crippen MR) is 140 cm³/mol. The van der Waals surface area contributed by atoms with E-state index in [2.05, 4.69) is 4.74 Å². The van der Waals surface area contributed by atoms with Gasteiger partial charge in [-0.25, -0.2) is 9.18 Å². The van der Waals surface area contributed by atoms with E-state index in [0.29, 0.717) is 42.4 Å². The number of carboxylic acid groups (broad SMARTS) is 1. The van der Waals surface area contributed by atoms with E-state index < -0.39 is 41.7 Å². The van der Waals surface area contributed by atoms with Gasteiger partial charge in [-0.2, -0.15) is 13.5 Å². The van der Waals surface area contributed by atoms with Crippen molar-refractivity contribution in [3.8, 4) is 16.9 Å². The highest BCUT2D eigenvalue weighted by atomic mass is 35.5. The lowest BCUT2D eigenvalue weighted by Crippen LogP contribution is -2.37. The van der Waals surface area contributed by atoms with E-state index in [-0.39, 0.29) is 40.0 Å². The molecule has 0 radical (unpaired) electrons. The van der Waals surface area contributed by atoms with E-state index in [1.165, 1.54) is 36.4 Å². The highest BCUT2D eigenvalue weighted by molar-refractivity contribution is 6.31. The van der Waals surface area contributed by atoms with Crippen molar-refractivity contribution >= 4 is 23.4 Å². The second-order valence-corrected chi connectivity index (χ2v) is 10.3. The SMILES string of the molecule is O=C(O)c1ccc(CC(=O)C(CC2CCC(O)CC2)c2ccc(-c3c(OC(F)F)ccc(Cl)c3F)c[n+]2[O-])cc1. The Labute approximate surface area is 233 Å². The number of carbonyl (C=O) groups is 2. The predicted octanol–water partition coefficient (Wildman–Crippen LogP) is 5.92. The number of aromatic nitrogens is 1. The van der Waals surface area contributed by atoms with Gasteiger partial charge in [0.2, 0.25) is 5.69 Å². The van der Waals surface area contributed by atoms with Crippen molar-refractivity contribution in [3.63, 3.8) is 0 Å². The quantitative estimate of drug-likeness (QED) is 0.229. The Morgan fingerprint density at radius 1 is 1.05 bits per heavy atom. The zero-order valence-corrected chi connectivity index (χ0v) is 22.0. The van der Waals surface area contributed by atoms with E-state index in [0.717, 1.165) is 18.3 Å². The molecule has 1 aliphatic carbocycles. The summed E-state index contributed by atoms with van der Waals surface area (Å²) in [6, 6.07) is 10.7. The molecule has 2 aromatic carbocycles. The fourth-order valence-corrected chi connectivity index (χ4v) is 5.28. The average Bonchev–Trinajstić information content (AvgIpc) is 2.91. The van der Waals surface area contributed by atoms with Gasteiger partial charge in [0.1, 0.15) is 11.7 Å². The number of halogens is 4. The van der Waals surface area contributed by atoms with Crippen molar-refractivity contribution in [2.45, 2.75) is 57.2 Å². The Bertz CT molecular complexity index is 1380. The maximum atomic E-state index is 14.9. The maximum Gasteiger partial charge on any atom is 0.387 e. The monoisotopic (exact) mass is 577 g/mol. The molecular weight excluding hydrogens is 551 g/mol. The molecule has 2 N–H and O–H groups in total. The summed E-state index contributed by atoms with van der Waals surface area (Å²) in [6.07, 6.45) is 3.39. The molecule has 1 aromatic heterocycles. The average molecular weight is 578 g/mol. The third kappa shape index (κ3) is 6.92. The smallest absolute Gasteiger partial charge is 0.387 e. The summed E-state index contributed by atoms with van der Waals surface area (Å²) in [7, 11) is 0. The van der Waals surface area contributed by atoms with Gasteiger partial charge in [-0.05, 0) is 73.9 Å². The molecule has 40 heavy (non-hydrogen) atoms. The van der Waals surface area contributed by atoms with Gasteiger partial charge in [-0.3, -0.25) is 4.79 Å². The summed E-state index contributed by atoms with van der Waals surface area (Å²) < 4.78 is 45.7. The Morgan fingerprint density at radius 2 is 1.73 bits per heavy atom. The molecule has 0 saturated heterocycles. The van der Waals surface area contributed by atoms with E-state index in [9.17, 15) is 33.1 Å². The van der Waals surface area contributed by atoms with Crippen LogP contribution in [-0.4, -0.2) is 34.7 Å². The summed E-state index contributed by atoms with van der Waals surface area (Å²) in [5, 5.41) is 31.9. The van der Waals surface area contributed by atoms with Crippen LogP contribution >= 0.6 is 11.6 Å². The molecule has 0 aliphatic heterocycles. The number of rotatable bonds is 10. The van der Waals surface area contributed by atoms with E-state index in [1.807, 2.05) is 0 Å². The molecule has 3 aromatic rings. The number of carbonyl (C=O) groups excluding carboxylic acids is 1. The Hall–Kier alpha value is -3.63. The van der Waals surface area contributed by atoms with Gasteiger partial charge in [-0.15, -0.1) is 0 Å². The van der Waals surface area contributed by atoms with Crippen LogP contribution < -0.4 is 9.47 Å². The number of nitrogens with zero attached hydrogens (tertiary/aromatic N) is 1. The molecule has 1 fully saturated rings. The molecule has 1 heterocycles.